The van der Waals surface area contributed by atoms with Crippen LogP contribution in [0.2, 0.25) is 0 Å². The van der Waals surface area contributed by atoms with E-state index in [2.05, 4.69) is 28.4 Å². The highest BCUT2D eigenvalue weighted by atomic mass is 16.5. The van der Waals surface area contributed by atoms with Gasteiger partial charge in [-0.3, -0.25) is 0 Å². The molecule has 2 atom stereocenters. The van der Waals surface area contributed by atoms with E-state index < -0.39 is 0 Å². The molecule has 1 spiro atoms. The van der Waals surface area contributed by atoms with Crippen molar-refractivity contribution in [1.29, 1.82) is 0 Å². The monoisotopic (exact) mass is 314 g/mol. The molecule has 2 aliphatic carbocycles. The first-order valence-corrected chi connectivity index (χ1v) is 8.92. The van der Waals surface area contributed by atoms with Gasteiger partial charge in [0.25, 0.3) is 0 Å². The van der Waals surface area contributed by atoms with Crippen LogP contribution in [0, 0.1) is 12.3 Å². The molecule has 0 aliphatic heterocycles. The van der Waals surface area contributed by atoms with Crippen molar-refractivity contribution in [2.75, 3.05) is 11.9 Å². The third-order valence-corrected chi connectivity index (χ3v) is 5.76. The molecule has 2 aromatic heterocycles. The molecular formula is C18H26N4O. The molecule has 2 heterocycles. The topological polar surface area (TPSA) is 51.5 Å². The van der Waals surface area contributed by atoms with Gasteiger partial charge in [-0.15, -0.1) is 0 Å². The second-order valence-electron chi connectivity index (χ2n) is 7.06. The Bertz CT molecular complexity index is 689. The Labute approximate surface area is 137 Å². The molecule has 124 valence electrons. The number of anilines is 1. The summed E-state index contributed by atoms with van der Waals surface area (Å²) in [5, 5.41) is 8.22. The summed E-state index contributed by atoms with van der Waals surface area (Å²) in [7, 11) is 0. The molecular weight excluding hydrogens is 288 g/mol. The molecule has 0 saturated heterocycles. The van der Waals surface area contributed by atoms with Crippen LogP contribution < -0.4 is 5.32 Å². The molecule has 2 unspecified atom stereocenters. The van der Waals surface area contributed by atoms with E-state index in [1.54, 1.807) is 0 Å². The van der Waals surface area contributed by atoms with E-state index in [9.17, 15) is 0 Å². The van der Waals surface area contributed by atoms with Crippen LogP contribution in [0.4, 0.5) is 5.82 Å². The molecule has 5 nitrogen and oxygen atoms in total. The molecule has 0 aromatic carbocycles. The Morgan fingerprint density at radius 2 is 2.17 bits per heavy atom. The predicted molar refractivity (Wildman–Crippen MR) is 90.7 cm³/mol. The maximum atomic E-state index is 6.05. The maximum absolute atomic E-state index is 6.05. The number of rotatable bonds is 4. The highest BCUT2D eigenvalue weighted by molar-refractivity contribution is 5.68. The standard InChI is InChI=1S/C18H26N4O/c1-3-23-16-12-15(18(16)7-5-4-6-8-18)20-17-14-11-13(2)21-22(14)10-9-19-17/h9-11,15-16H,3-8,12H2,1-2H3,(H,19,20). The fourth-order valence-electron chi connectivity index (χ4n) is 4.59. The van der Waals surface area contributed by atoms with Gasteiger partial charge >= 0.3 is 0 Å². The number of nitrogens with zero attached hydrogens (tertiary/aromatic N) is 3. The minimum absolute atomic E-state index is 0.303. The van der Waals surface area contributed by atoms with Gasteiger partial charge < -0.3 is 10.1 Å². The largest absolute Gasteiger partial charge is 0.378 e. The van der Waals surface area contributed by atoms with Gasteiger partial charge in [0.2, 0.25) is 0 Å². The van der Waals surface area contributed by atoms with E-state index in [4.69, 9.17) is 4.74 Å². The lowest BCUT2D eigenvalue weighted by molar-refractivity contribution is -0.134. The molecule has 4 rings (SSSR count). The van der Waals surface area contributed by atoms with Gasteiger partial charge in [-0.25, -0.2) is 9.50 Å². The Kier molecular flexibility index (Phi) is 3.76. The number of nitrogens with one attached hydrogen (secondary N) is 1. The molecule has 5 heteroatoms. The number of ether oxygens (including phenoxy) is 1. The SMILES string of the molecule is CCOC1CC(Nc2nccn3nc(C)cc23)C12CCCCC2. The summed E-state index contributed by atoms with van der Waals surface area (Å²) in [5.74, 6) is 0.956. The number of hydrogen-bond acceptors (Lipinski definition) is 4. The quantitative estimate of drug-likeness (QED) is 0.937. The van der Waals surface area contributed by atoms with Crippen molar-refractivity contribution >= 4 is 11.3 Å². The summed E-state index contributed by atoms with van der Waals surface area (Å²) >= 11 is 0. The third kappa shape index (κ3) is 2.42. The summed E-state index contributed by atoms with van der Waals surface area (Å²) in [4.78, 5) is 4.58. The van der Waals surface area contributed by atoms with Crippen molar-refractivity contribution in [2.45, 2.75) is 64.5 Å². The van der Waals surface area contributed by atoms with E-state index in [-0.39, 0.29) is 0 Å². The Morgan fingerprint density at radius 1 is 1.35 bits per heavy atom. The van der Waals surface area contributed by atoms with Gasteiger partial charge in [0, 0.05) is 30.5 Å². The van der Waals surface area contributed by atoms with Crippen molar-refractivity contribution in [2.24, 2.45) is 5.41 Å². The second kappa shape index (κ2) is 5.78. The summed E-state index contributed by atoms with van der Waals surface area (Å²) in [5.41, 5.74) is 2.39. The summed E-state index contributed by atoms with van der Waals surface area (Å²) in [6, 6.07) is 2.56. The lowest BCUT2D eigenvalue weighted by atomic mass is 9.55. The highest BCUT2D eigenvalue weighted by Gasteiger charge is 2.55. The van der Waals surface area contributed by atoms with Crippen molar-refractivity contribution in [3.63, 3.8) is 0 Å². The fourth-order valence-corrected chi connectivity index (χ4v) is 4.59. The van der Waals surface area contributed by atoms with E-state index >= 15 is 0 Å². The van der Waals surface area contributed by atoms with E-state index in [1.165, 1.54) is 32.1 Å². The van der Waals surface area contributed by atoms with E-state index in [0.717, 1.165) is 30.1 Å². The van der Waals surface area contributed by atoms with Gasteiger partial charge in [-0.05, 0) is 39.2 Å². The van der Waals surface area contributed by atoms with Crippen LogP contribution in [-0.2, 0) is 4.74 Å². The fraction of sp³-hybridized carbons (Fsp3) is 0.667. The number of fused-ring (bicyclic) bond motifs is 1. The molecule has 2 aromatic rings. The lowest BCUT2D eigenvalue weighted by Crippen LogP contribution is -2.62. The van der Waals surface area contributed by atoms with Crippen LogP contribution in [0.5, 0.6) is 0 Å². The van der Waals surface area contributed by atoms with Crippen LogP contribution in [0.25, 0.3) is 5.52 Å². The molecule has 2 saturated carbocycles. The lowest BCUT2D eigenvalue weighted by Gasteiger charge is -2.57. The zero-order chi connectivity index (χ0) is 15.9. The minimum Gasteiger partial charge on any atom is -0.378 e. The summed E-state index contributed by atoms with van der Waals surface area (Å²) < 4.78 is 7.97. The van der Waals surface area contributed by atoms with Crippen LogP contribution in [0.15, 0.2) is 18.5 Å². The molecule has 2 fully saturated rings. The first kappa shape index (κ1) is 14.9. The Balaban J connectivity index is 1.60. The normalized spacial score (nSPS) is 26.3. The van der Waals surface area contributed by atoms with Crippen molar-refractivity contribution in [3.05, 3.63) is 24.2 Å². The van der Waals surface area contributed by atoms with E-state index in [1.807, 2.05) is 23.8 Å². The zero-order valence-electron chi connectivity index (χ0n) is 14.1. The molecule has 23 heavy (non-hydrogen) atoms. The number of hydrogen-bond donors (Lipinski definition) is 1. The number of aryl methyl sites for hydroxylation is 1. The van der Waals surface area contributed by atoms with Crippen LogP contribution in [0.1, 0.15) is 51.1 Å². The Morgan fingerprint density at radius 3 is 2.96 bits per heavy atom. The van der Waals surface area contributed by atoms with Gasteiger partial charge in [-0.2, -0.15) is 5.10 Å². The molecule has 0 bridgehead atoms. The zero-order valence-corrected chi connectivity index (χ0v) is 14.1. The van der Waals surface area contributed by atoms with Gasteiger partial charge in [0.1, 0.15) is 5.52 Å². The average molecular weight is 314 g/mol. The second-order valence-corrected chi connectivity index (χ2v) is 7.06. The van der Waals surface area contributed by atoms with Crippen LogP contribution in [-0.4, -0.2) is 33.4 Å². The average Bonchev–Trinajstić information content (AvgIpc) is 2.96. The summed E-state index contributed by atoms with van der Waals surface area (Å²) in [6.07, 6.45) is 11.8. The van der Waals surface area contributed by atoms with Crippen LogP contribution >= 0.6 is 0 Å². The van der Waals surface area contributed by atoms with Gasteiger partial charge in [0.15, 0.2) is 5.82 Å². The predicted octanol–water partition coefficient (Wildman–Crippen LogP) is 3.58. The summed E-state index contributed by atoms with van der Waals surface area (Å²) in [6.45, 7) is 4.94. The Hall–Kier alpha value is -1.62. The number of aromatic nitrogens is 3. The molecule has 2 aliphatic rings. The third-order valence-electron chi connectivity index (χ3n) is 5.76. The first-order chi connectivity index (χ1) is 11.2. The highest BCUT2D eigenvalue weighted by Crippen LogP contribution is 2.54. The van der Waals surface area contributed by atoms with Gasteiger partial charge in [-0.1, -0.05) is 19.3 Å². The van der Waals surface area contributed by atoms with Gasteiger partial charge in [0.05, 0.1) is 11.8 Å². The minimum atomic E-state index is 0.303. The van der Waals surface area contributed by atoms with Crippen molar-refractivity contribution < 1.29 is 4.74 Å². The first-order valence-electron chi connectivity index (χ1n) is 8.92. The van der Waals surface area contributed by atoms with Crippen molar-refractivity contribution in [1.82, 2.24) is 14.6 Å². The van der Waals surface area contributed by atoms with Crippen LogP contribution in [0.3, 0.4) is 0 Å². The van der Waals surface area contributed by atoms with Crippen molar-refractivity contribution in [3.8, 4) is 0 Å². The molecule has 0 amide bonds. The molecule has 1 N–H and O–H groups in total. The smallest absolute Gasteiger partial charge is 0.152 e. The maximum Gasteiger partial charge on any atom is 0.152 e. The van der Waals surface area contributed by atoms with E-state index in [0.29, 0.717) is 17.6 Å². The molecule has 0 radical (unpaired) electrons.